The van der Waals surface area contributed by atoms with Gasteiger partial charge in [0.25, 0.3) is 0 Å². The van der Waals surface area contributed by atoms with Gasteiger partial charge < -0.3 is 20.4 Å². The van der Waals surface area contributed by atoms with Gasteiger partial charge in [0, 0.05) is 56.7 Å². The number of aliphatic imine (C=N–C) groups is 1. The van der Waals surface area contributed by atoms with E-state index in [1.165, 1.54) is 6.07 Å². The third-order valence-corrected chi connectivity index (χ3v) is 6.75. The number of likely N-dealkylation sites (tertiary alicyclic amines) is 1. The van der Waals surface area contributed by atoms with Crippen LogP contribution in [0.3, 0.4) is 0 Å². The van der Waals surface area contributed by atoms with Crippen molar-refractivity contribution in [2.45, 2.75) is 32.7 Å². The predicted octanol–water partition coefficient (Wildman–Crippen LogP) is 4.66. The Hall–Kier alpha value is -3.06. The number of hydrogen-bond donors (Lipinski definition) is 1. The second-order valence-electron chi connectivity index (χ2n) is 8.94. The molecule has 2 aromatic rings. The molecule has 0 unspecified atom stereocenters. The number of nitrogens with two attached hydrogens (primary N) is 1. The van der Waals surface area contributed by atoms with Crippen molar-refractivity contribution in [3.63, 3.8) is 0 Å². The molecule has 2 saturated heterocycles. The summed E-state index contributed by atoms with van der Waals surface area (Å²) in [4.78, 5) is 16.1. The lowest BCUT2D eigenvalue weighted by molar-refractivity contribution is 0.297. The van der Waals surface area contributed by atoms with Gasteiger partial charge in [-0.1, -0.05) is 18.2 Å². The van der Waals surface area contributed by atoms with Gasteiger partial charge in [0.1, 0.15) is 23.3 Å². The molecule has 0 saturated carbocycles. The molecule has 0 spiro atoms. The van der Waals surface area contributed by atoms with Gasteiger partial charge in [-0.2, -0.15) is 0 Å². The summed E-state index contributed by atoms with van der Waals surface area (Å²) in [6.45, 7) is 12.3. The zero-order valence-electron chi connectivity index (χ0n) is 19.8. The lowest BCUT2D eigenvalue weighted by Gasteiger charge is -2.42. The monoisotopic (exact) mass is 482 g/mol. The van der Waals surface area contributed by atoms with Crippen LogP contribution in [-0.4, -0.2) is 59.4 Å². The van der Waals surface area contributed by atoms with Crippen LogP contribution in [0.15, 0.2) is 60.0 Å². The number of nitrogens with zero attached hydrogens (tertiary/aromatic N) is 5. The van der Waals surface area contributed by atoms with Crippen molar-refractivity contribution < 1.29 is 4.39 Å². The van der Waals surface area contributed by atoms with Crippen molar-refractivity contribution in [2.24, 2.45) is 10.7 Å². The first-order chi connectivity index (χ1) is 16.3. The van der Waals surface area contributed by atoms with E-state index in [1.54, 1.807) is 25.3 Å². The zero-order valence-corrected chi connectivity index (χ0v) is 20.6. The molecule has 8 heteroatoms. The molecule has 0 radical (unpaired) electrons. The van der Waals surface area contributed by atoms with Crippen molar-refractivity contribution in [3.8, 4) is 0 Å². The summed E-state index contributed by atoms with van der Waals surface area (Å²) in [6, 6.07) is 8.75. The van der Waals surface area contributed by atoms with E-state index in [2.05, 4.69) is 33.2 Å². The Balaban J connectivity index is 1.62. The first-order valence-corrected chi connectivity index (χ1v) is 12.1. The van der Waals surface area contributed by atoms with E-state index in [9.17, 15) is 4.39 Å². The molecule has 0 bridgehead atoms. The van der Waals surface area contributed by atoms with Gasteiger partial charge in [-0.15, -0.1) is 0 Å². The molecule has 6 nitrogen and oxygen atoms in total. The molecule has 2 aliphatic rings. The van der Waals surface area contributed by atoms with Gasteiger partial charge in [0.05, 0.1) is 5.02 Å². The largest absolute Gasteiger partial charge is 0.398 e. The molecule has 4 rings (SSSR count). The van der Waals surface area contributed by atoms with E-state index in [4.69, 9.17) is 22.3 Å². The maximum Gasteiger partial charge on any atom is 0.147 e. The highest BCUT2D eigenvalue weighted by Crippen LogP contribution is 2.26. The van der Waals surface area contributed by atoms with Gasteiger partial charge in [-0.05, 0) is 68.1 Å². The predicted molar refractivity (Wildman–Crippen MR) is 138 cm³/mol. The van der Waals surface area contributed by atoms with E-state index in [0.717, 1.165) is 68.6 Å². The normalized spacial score (nSPS) is 19.6. The summed E-state index contributed by atoms with van der Waals surface area (Å²) in [5, 5.41) is 0.648. The van der Waals surface area contributed by atoms with Crippen LogP contribution in [0.25, 0.3) is 5.70 Å². The Labute approximate surface area is 206 Å². The Morgan fingerprint density at radius 3 is 2.68 bits per heavy atom. The number of benzene rings is 1. The average molecular weight is 483 g/mol. The van der Waals surface area contributed by atoms with Crippen LogP contribution in [0.5, 0.6) is 0 Å². The lowest BCUT2D eigenvalue weighted by atomic mass is 10.1. The number of aryl methyl sites for hydroxylation is 1. The number of rotatable bonds is 5. The number of piperazine rings is 1. The highest BCUT2D eigenvalue weighted by atomic mass is 35.5. The fourth-order valence-electron chi connectivity index (χ4n) is 4.50. The van der Waals surface area contributed by atoms with Crippen LogP contribution in [0.1, 0.15) is 30.9 Å². The average Bonchev–Trinajstić information content (AvgIpc) is 3.36. The van der Waals surface area contributed by atoms with E-state index in [0.29, 0.717) is 16.3 Å². The number of halogens is 2. The van der Waals surface area contributed by atoms with Gasteiger partial charge in [-0.3, -0.25) is 0 Å². The molecule has 2 N–H and O–H groups in total. The van der Waals surface area contributed by atoms with E-state index in [1.807, 2.05) is 18.2 Å². The first-order valence-electron chi connectivity index (χ1n) is 11.7. The van der Waals surface area contributed by atoms with Gasteiger partial charge in [-0.25, -0.2) is 14.4 Å². The van der Waals surface area contributed by atoms with Crippen molar-refractivity contribution in [2.75, 3.05) is 37.6 Å². The highest BCUT2D eigenvalue weighted by Gasteiger charge is 2.28. The molecule has 0 amide bonds. The van der Waals surface area contributed by atoms with E-state index < -0.39 is 0 Å². The van der Waals surface area contributed by atoms with Crippen molar-refractivity contribution in [1.29, 1.82) is 0 Å². The van der Waals surface area contributed by atoms with Gasteiger partial charge >= 0.3 is 0 Å². The minimum atomic E-state index is -0.245. The minimum absolute atomic E-state index is 0.135. The van der Waals surface area contributed by atoms with Gasteiger partial charge in [0.15, 0.2) is 0 Å². The molecule has 3 heterocycles. The second-order valence-corrected chi connectivity index (χ2v) is 9.35. The van der Waals surface area contributed by atoms with Crippen LogP contribution in [-0.2, 0) is 0 Å². The minimum Gasteiger partial charge on any atom is -0.398 e. The van der Waals surface area contributed by atoms with Crippen LogP contribution < -0.4 is 10.6 Å². The molecular formula is C26H32ClFN6. The fourth-order valence-corrected chi connectivity index (χ4v) is 4.75. The maximum absolute atomic E-state index is 13.8. The molecule has 0 aliphatic carbocycles. The van der Waals surface area contributed by atoms with Crippen molar-refractivity contribution >= 4 is 29.0 Å². The Morgan fingerprint density at radius 1 is 1.24 bits per heavy atom. The van der Waals surface area contributed by atoms with E-state index in [-0.39, 0.29) is 11.9 Å². The number of amidine groups is 1. The zero-order chi connectivity index (χ0) is 24.2. The number of aromatic nitrogens is 1. The molecule has 1 aromatic heterocycles. The second kappa shape index (κ2) is 10.5. The molecule has 1 atom stereocenters. The SMILES string of the molecule is C=C(N=C(/C=C(\N)c1ccc(F)c(C)c1)N1CCN(c2ncccc2Cl)C[C@@H]1C)N1CCCC1. The highest BCUT2D eigenvalue weighted by molar-refractivity contribution is 6.32. The van der Waals surface area contributed by atoms with Crippen LogP contribution in [0.2, 0.25) is 5.02 Å². The smallest absolute Gasteiger partial charge is 0.147 e. The standard InChI is InChI=1S/C26H32ClFN6/c1-18-15-21(8-9-23(18)28)24(29)16-25(31-20(3)32-11-4-5-12-32)34-14-13-33(17-19(34)2)26-22(27)7-6-10-30-26/h6-10,15-16,19H,3-5,11-14,17,29H2,1-2H3/b24-16-,31-25?/t19-/m0/s1. The first kappa shape index (κ1) is 24.1. The summed E-state index contributed by atoms with van der Waals surface area (Å²) < 4.78 is 13.8. The molecular weight excluding hydrogens is 451 g/mol. The van der Waals surface area contributed by atoms with Crippen LogP contribution >= 0.6 is 11.6 Å². The molecule has 1 aromatic carbocycles. The van der Waals surface area contributed by atoms with E-state index >= 15 is 0 Å². The summed E-state index contributed by atoms with van der Waals surface area (Å²) in [6.07, 6.45) is 5.94. The van der Waals surface area contributed by atoms with Gasteiger partial charge in [0.2, 0.25) is 0 Å². The topological polar surface area (TPSA) is 61.0 Å². The molecule has 2 fully saturated rings. The maximum atomic E-state index is 13.8. The Morgan fingerprint density at radius 2 is 2.00 bits per heavy atom. The number of anilines is 1. The Kier molecular flexibility index (Phi) is 7.41. The number of pyridine rings is 1. The summed E-state index contributed by atoms with van der Waals surface area (Å²) in [7, 11) is 0. The molecule has 34 heavy (non-hydrogen) atoms. The number of hydrogen-bond acceptors (Lipinski definition) is 5. The molecule has 180 valence electrons. The lowest BCUT2D eigenvalue weighted by Crippen LogP contribution is -2.54. The summed E-state index contributed by atoms with van der Waals surface area (Å²) >= 11 is 6.39. The van der Waals surface area contributed by atoms with Crippen molar-refractivity contribution in [3.05, 3.63) is 77.0 Å². The summed E-state index contributed by atoms with van der Waals surface area (Å²) in [5.41, 5.74) is 8.35. The van der Waals surface area contributed by atoms with Crippen LogP contribution in [0, 0.1) is 12.7 Å². The third-order valence-electron chi connectivity index (χ3n) is 6.45. The third kappa shape index (κ3) is 5.36. The Bertz CT molecular complexity index is 1110. The van der Waals surface area contributed by atoms with Crippen molar-refractivity contribution in [1.82, 2.24) is 14.8 Å². The quantitative estimate of drug-likeness (QED) is 0.496. The van der Waals surface area contributed by atoms with Crippen LogP contribution in [0.4, 0.5) is 10.2 Å². The fraction of sp³-hybridized carbons (Fsp3) is 0.385. The molecule has 2 aliphatic heterocycles. The summed E-state index contributed by atoms with van der Waals surface area (Å²) in [5.74, 6) is 2.06.